The van der Waals surface area contributed by atoms with Crippen molar-refractivity contribution in [1.29, 1.82) is 0 Å². The Hall–Kier alpha value is -4.11. The summed E-state index contributed by atoms with van der Waals surface area (Å²) in [5.74, 6) is 0.901. The predicted molar refractivity (Wildman–Crippen MR) is 128 cm³/mol. The van der Waals surface area contributed by atoms with Crippen molar-refractivity contribution in [3.05, 3.63) is 105 Å². The summed E-state index contributed by atoms with van der Waals surface area (Å²) in [6.07, 6.45) is 1.63. The van der Waals surface area contributed by atoms with Gasteiger partial charge in [-0.2, -0.15) is 0 Å². The molecule has 9 heteroatoms. The highest BCUT2D eigenvalue weighted by Crippen LogP contribution is 2.35. The minimum Gasteiger partial charge on any atom is -0.490 e. The molecule has 8 nitrogen and oxygen atoms in total. The van der Waals surface area contributed by atoms with Gasteiger partial charge in [0, 0.05) is 17.7 Å². The molecule has 1 saturated heterocycles. The van der Waals surface area contributed by atoms with E-state index in [0.29, 0.717) is 30.1 Å². The number of hydrogen-bond acceptors (Lipinski definition) is 7. The SMILES string of the molecule is O=C1S/C(=C/c2ccccc2OCCOc2ccccc2)C(=O)N1Cc1ccc([N+](=O)[O-])cc1. The van der Waals surface area contributed by atoms with Crippen molar-refractivity contribution < 1.29 is 24.0 Å². The van der Waals surface area contributed by atoms with Gasteiger partial charge in [-0.1, -0.05) is 48.5 Å². The molecule has 0 radical (unpaired) electrons. The number of nitro benzene ring substituents is 1. The molecule has 2 amide bonds. The van der Waals surface area contributed by atoms with Crippen LogP contribution < -0.4 is 9.47 Å². The summed E-state index contributed by atoms with van der Waals surface area (Å²) in [6.45, 7) is 0.695. The van der Waals surface area contributed by atoms with E-state index in [1.54, 1.807) is 18.2 Å². The van der Waals surface area contributed by atoms with Crippen LogP contribution >= 0.6 is 11.8 Å². The first-order chi connectivity index (χ1) is 16.5. The number of rotatable bonds is 9. The quantitative estimate of drug-likeness (QED) is 0.179. The molecule has 0 unspecified atom stereocenters. The number of amides is 2. The van der Waals surface area contributed by atoms with Crippen LogP contribution in [0.4, 0.5) is 10.5 Å². The number of hydrogen-bond donors (Lipinski definition) is 0. The molecule has 3 aromatic carbocycles. The molecule has 0 atom stereocenters. The molecule has 1 heterocycles. The van der Waals surface area contributed by atoms with Gasteiger partial charge in [-0.3, -0.25) is 24.6 Å². The largest absolute Gasteiger partial charge is 0.490 e. The first-order valence-corrected chi connectivity index (χ1v) is 11.2. The van der Waals surface area contributed by atoms with Crippen LogP contribution in [-0.2, 0) is 11.3 Å². The van der Waals surface area contributed by atoms with E-state index >= 15 is 0 Å². The molecular formula is C25H20N2O6S. The van der Waals surface area contributed by atoms with Crippen molar-refractivity contribution in [1.82, 2.24) is 4.90 Å². The zero-order valence-electron chi connectivity index (χ0n) is 18.0. The predicted octanol–water partition coefficient (Wildman–Crippen LogP) is 5.29. The highest BCUT2D eigenvalue weighted by atomic mass is 32.2. The molecule has 0 spiro atoms. The van der Waals surface area contributed by atoms with Crippen molar-refractivity contribution in [3.8, 4) is 11.5 Å². The fraction of sp³-hybridized carbons (Fsp3) is 0.120. The van der Waals surface area contributed by atoms with Gasteiger partial charge in [0.15, 0.2) is 0 Å². The lowest BCUT2D eigenvalue weighted by molar-refractivity contribution is -0.384. The summed E-state index contributed by atoms with van der Waals surface area (Å²) < 4.78 is 11.5. The summed E-state index contributed by atoms with van der Waals surface area (Å²) in [4.78, 5) is 37.1. The lowest BCUT2D eigenvalue weighted by Gasteiger charge is -2.12. The smallest absolute Gasteiger partial charge is 0.293 e. The van der Waals surface area contributed by atoms with Crippen molar-refractivity contribution in [2.24, 2.45) is 0 Å². The van der Waals surface area contributed by atoms with Gasteiger partial charge in [0.2, 0.25) is 0 Å². The van der Waals surface area contributed by atoms with Crippen molar-refractivity contribution in [3.63, 3.8) is 0 Å². The fourth-order valence-corrected chi connectivity index (χ4v) is 4.07. The number of ether oxygens (including phenoxy) is 2. The molecule has 3 aromatic rings. The summed E-state index contributed by atoms with van der Waals surface area (Å²) in [5, 5.41) is 10.4. The second kappa shape index (κ2) is 10.7. The van der Waals surface area contributed by atoms with Crippen molar-refractivity contribution >= 4 is 34.7 Å². The number of para-hydroxylation sites is 2. The van der Waals surface area contributed by atoms with Gasteiger partial charge in [-0.05, 0) is 41.6 Å². The van der Waals surface area contributed by atoms with Crippen LogP contribution in [0.5, 0.6) is 11.5 Å². The second-order valence-corrected chi connectivity index (χ2v) is 8.23. The molecule has 0 aromatic heterocycles. The Labute approximate surface area is 199 Å². The fourth-order valence-electron chi connectivity index (χ4n) is 3.24. The molecule has 0 bridgehead atoms. The normalized spacial score (nSPS) is 14.5. The van der Waals surface area contributed by atoms with E-state index in [2.05, 4.69) is 0 Å². The van der Waals surface area contributed by atoms with E-state index in [-0.39, 0.29) is 17.1 Å². The lowest BCUT2D eigenvalue weighted by atomic mass is 10.1. The van der Waals surface area contributed by atoms with E-state index in [1.807, 2.05) is 42.5 Å². The molecule has 0 aliphatic carbocycles. The summed E-state index contributed by atoms with van der Waals surface area (Å²) >= 11 is 0.848. The zero-order valence-corrected chi connectivity index (χ0v) is 18.8. The maximum Gasteiger partial charge on any atom is 0.293 e. The van der Waals surface area contributed by atoms with Crippen LogP contribution in [0.15, 0.2) is 83.8 Å². The Morgan fingerprint density at radius 1 is 0.882 bits per heavy atom. The highest BCUT2D eigenvalue weighted by Gasteiger charge is 2.35. The van der Waals surface area contributed by atoms with E-state index in [9.17, 15) is 19.7 Å². The third-order valence-corrected chi connectivity index (χ3v) is 5.83. The van der Waals surface area contributed by atoms with Crippen LogP contribution in [0.2, 0.25) is 0 Å². The molecule has 1 aliphatic heterocycles. The Morgan fingerprint density at radius 2 is 1.56 bits per heavy atom. The van der Waals surface area contributed by atoms with Gasteiger partial charge in [0.25, 0.3) is 16.8 Å². The van der Waals surface area contributed by atoms with Crippen molar-refractivity contribution in [2.45, 2.75) is 6.54 Å². The summed E-state index contributed by atoms with van der Waals surface area (Å²) in [7, 11) is 0. The number of non-ortho nitro benzene ring substituents is 1. The third-order valence-electron chi connectivity index (χ3n) is 4.92. The third kappa shape index (κ3) is 5.62. The molecule has 1 fully saturated rings. The number of carbonyl (C=O) groups is 2. The summed E-state index contributed by atoms with van der Waals surface area (Å²) in [6, 6.07) is 22.4. The summed E-state index contributed by atoms with van der Waals surface area (Å²) in [5.41, 5.74) is 1.24. The van der Waals surface area contributed by atoms with E-state index in [4.69, 9.17) is 9.47 Å². The molecule has 34 heavy (non-hydrogen) atoms. The molecule has 0 saturated carbocycles. The second-order valence-electron chi connectivity index (χ2n) is 7.24. The first-order valence-electron chi connectivity index (χ1n) is 10.4. The van der Waals surface area contributed by atoms with E-state index < -0.39 is 16.1 Å². The van der Waals surface area contributed by atoms with Gasteiger partial charge in [0.1, 0.15) is 24.7 Å². The highest BCUT2D eigenvalue weighted by molar-refractivity contribution is 8.18. The van der Waals surface area contributed by atoms with E-state index in [1.165, 1.54) is 24.3 Å². The average Bonchev–Trinajstić information content (AvgIpc) is 3.11. The number of nitrogens with zero attached hydrogens (tertiary/aromatic N) is 2. The number of carbonyl (C=O) groups excluding carboxylic acids is 2. The molecule has 4 rings (SSSR count). The minimum atomic E-state index is -0.500. The zero-order chi connectivity index (χ0) is 23.9. The Balaban J connectivity index is 1.41. The topological polar surface area (TPSA) is 99.0 Å². The maximum atomic E-state index is 12.9. The monoisotopic (exact) mass is 476 g/mol. The maximum absolute atomic E-state index is 12.9. The van der Waals surface area contributed by atoms with Gasteiger partial charge in [-0.15, -0.1) is 0 Å². The molecular weight excluding hydrogens is 456 g/mol. The number of benzene rings is 3. The van der Waals surface area contributed by atoms with E-state index in [0.717, 1.165) is 22.4 Å². The first kappa shape index (κ1) is 23.1. The lowest BCUT2D eigenvalue weighted by Crippen LogP contribution is -2.27. The number of nitro groups is 1. The van der Waals surface area contributed by atoms with Crippen LogP contribution in [0.25, 0.3) is 6.08 Å². The number of thioether (sulfide) groups is 1. The van der Waals surface area contributed by atoms with Crippen molar-refractivity contribution in [2.75, 3.05) is 13.2 Å². The Kier molecular flexibility index (Phi) is 7.24. The van der Waals surface area contributed by atoms with Gasteiger partial charge in [0.05, 0.1) is 16.4 Å². The van der Waals surface area contributed by atoms with Gasteiger partial charge in [-0.25, -0.2) is 0 Å². The van der Waals surface area contributed by atoms with Gasteiger partial charge >= 0.3 is 0 Å². The standard InChI is InChI=1S/C25H20N2O6S/c28-24-23(34-25(29)26(24)17-18-10-12-20(13-11-18)27(30)31)16-19-6-4-5-9-22(19)33-15-14-32-21-7-2-1-3-8-21/h1-13,16H,14-15,17H2/b23-16+. The average molecular weight is 477 g/mol. The Morgan fingerprint density at radius 3 is 2.29 bits per heavy atom. The molecule has 1 aliphatic rings. The molecule has 0 N–H and O–H groups in total. The Bertz CT molecular complexity index is 1230. The van der Waals surface area contributed by atoms with Crippen LogP contribution in [0.3, 0.4) is 0 Å². The van der Waals surface area contributed by atoms with Crippen LogP contribution in [0, 0.1) is 10.1 Å². The minimum absolute atomic E-state index is 0.0367. The van der Waals surface area contributed by atoms with Crippen LogP contribution in [0.1, 0.15) is 11.1 Å². The molecule has 172 valence electrons. The van der Waals surface area contributed by atoms with Gasteiger partial charge < -0.3 is 9.47 Å². The van der Waals surface area contributed by atoms with Crippen LogP contribution in [-0.4, -0.2) is 34.2 Å². The number of imide groups is 1.